The van der Waals surface area contributed by atoms with Gasteiger partial charge in [-0.2, -0.15) is 0 Å². The van der Waals surface area contributed by atoms with Crippen LogP contribution in [0.1, 0.15) is 0 Å². The van der Waals surface area contributed by atoms with Crippen LogP contribution in [0.25, 0.3) is 10.1 Å². The SMILES string of the molecule is O=[N+]([O-])c1csc2c(S)cc(Cl)cc12. The van der Waals surface area contributed by atoms with E-state index in [-0.39, 0.29) is 5.69 Å². The summed E-state index contributed by atoms with van der Waals surface area (Å²) in [6.45, 7) is 0. The number of nitrogens with zero attached hydrogens (tertiary/aromatic N) is 1. The number of rotatable bonds is 1. The predicted octanol–water partition coefficient (Wildman–Crippen LogP) is 3.75. The fourth-order valence-electron chi connectivity index (χ4n) is 1.21. The quantitative estimate of drug-likeness (QED) is 0.472. The Labute approximate surface area is 93.9 Å². The van der Waals surface area contributed by atoms with E-state index in [1.54, 1.807) is 12.1 Å². The standard InChI is InChI=1S/C8H4ClNO2S2/c9-4-1-5-6(10(11)12)3-14-8(5)7(13)2-4/h1-3,13H. The molecule has 2 aromatic rings. The zero-order valence-electron chi connectivity index (χ0n) is 6.73. The topological polar surface area (TPSA) is 43.1 Å². The van der Waals surface area contributed by atoms with Crippen molar-refractivity contribution in [3.05, 3.63) is 32.6 Å². The van der Waals surface area contributed by atoms with Crippen LogP contribution in [0, 0.1) is 10.1 Å². The van der Waals surface area contributed by atoms with Crippen molar-refractivity contribution in [1.82, 2.24) is 0 Å². The van der Waals surface area contributed by atoms with Gasteiger partial charge in [0.1, 0.15) is 0 Å². The van der Waals surface area contributed by atoms with Crippen LogP contribution in [-0.2, 0) is 0 Å². The Morgan fingerprint density at radius 3 is 2.86 bits per heavy atom. The Balaban J connectivity index is 2.85. The third kappa shape index (κ3) is 1.47. The molecule has 0 fully saturated rings. The van der Waals surface area contributed by atoms with Crippen LogP contribution in [0.15, 0.2) is 22.4 Å². The lowest BCUT2D eigenvalue weighted by Gasteiger charge is -1.95. The van der Waals surface area contributed by atoms with Gasteiger partial charge in [-0.1, -0.05) is 11.6 Å². The van der Waals surface area contributed by atoms with E-state index in [4.69, 9.17) is 11.6 Å². The monoisotopic (exact) mass is 245 g/mol. The Morgan fingerprint density at radius 2 is 2.21 bits per heavy atom. The Bertz CT molecular complexity index is 523. The first kappa shape index (κ1) is 9.76. The molecule has 0 atom stereocenters. The lowest BCUT2D eigenvalue weighted by atomic mass is 10.2. The van der Waals surface area contributed by atoms with Gasteiger partial charge >= 0.3 is 0 Å². The fraction of sp³-hybridized carbons (Fsp3) is 0. The molecule has 0 spiro atoms. The number of nitro groups is 1. The minimum absolute atomic E-state index is 0.0859. The molecule has 0 aliphatic heterocycles. The number of fused-ring (bicyclic) bond motifs is 1. The highest BCUT2D eigenvalue weighted by Crippen LogP contribution is 2.37. The second kappa shape index (κ2) is 3.42. The average Bonchev–Trinajstić information content (AvgIpc) is 2.47. The van der Waals surface area contributed by atoms with Crippen LogP contribution in [0.2, 0.25) is 5.02 Å². The van der Waals surface area contributed by atoms with Gasteiger partial charge in [-0.3, -0.25) is 10.1 Å². The molecule has 0 N–H and O–H groups in total. The molecule has 1 aromatic heterocycles. The van der Waals surface area contributed by atoms with E-state index in [2.05, 4.69) is 12.6 Å². The molecule has 0 aliphatic carbocycles. The normalized spacial score (nSPS) is 10.7. The first-order chi connectivity index (χ1) is 6.59. The van der Waals surface area contributed by atoms with E-state index >= 15 is 0 Å². The van der Waals surface area contributed by atoms with E-state index in [0.717, 1.165) is 4.70 Å². The molecule has 14 heavy (non-hydrogen) atoms. The van der Waals surface area contributed by atoms with Crippen LogP contribution < -0.4 is 0 Å². The Kier molecular flexibility index (Phi) is 2.38. The van der Waals surface area contributed by atoms with Crippen LogP contribution in [0.5, 0.6) is 0 Å². The van der Waals surface area contributed by atoms with Crippen molar-refractivity contribution in [2.24, 2.45) is 0 Å². The molecule has 0 saturated carbocycles. The number of benzene rings is 1. The zero-order valence-corrected chi connectivity index (χ0v) is 9.20. The molecule has 0 saturated heterocycles. The summed E-state index contributed by atoms with van der Waals surface area (Å²) in [6, 6.07) is 3.26. The number of thiol groups is 1. The predicted molar refractivity (Wildman–Crippen MR) is 60.7 cm³/mol. The largest absolute Gasteiger partial charge is 0.287 e. The highest BCUT2D eigenvalue weighted by molar-refractivity contribution is 7.80. The van der Waals surface area contributed by atoms with E-state index < -0.39 is 4.92 Å². The second-order valence-electron chi connectivity index (χ2n) is 2.68. The maximum Gasteiger partial charge on any atom is 0.287 e. The third-order valence-electron chi connectivity index (χ3n) is 1.80. The molecule has 3 nitrogen and oxygen atoms in total. The lowest BCUT2D eigenvalue weighted by molar-refractivity contribution is -0.382. The van der Waals surface area contributed by atoms with Crippen molar-refractivity contribution in [3.8, 4) is 0 Å². The highest BCUT2D eigenvalue weighted by Gasteiger charge is 2.16. The maximum atomic E-state index is 10.6. The summed E-state index contributed by atoms with van der Waals surface area (Å²) in [5.41, 5.74) is 0.0859. The van der Waals surface area contributed by atoms with Gasteiger partial charge in [-0.05, 0) is 12.1 Å². The molecule has 1 heterocycles. The van der Waals surface area contributed by atoms with E-state index in [9.17, 15) is 10.1 Å². The molecular weight excluding hydrogens is 242 g/mol. The molecule has 0 amide bonds. The molecule has 72 valence electrons. The van der Waals surface area contributed by atoms with Crippen molar-refractivity contribution < 1.29 is 4.92 Å². The van der Waals surface area contributed by atoms with Gasteiger partial charge in [0, 0.05) is 9.92 Å². The fourth-order valence-corrected chi connectivity index (χ4v) is 2.84. The molecular formula is C8H4ClNO2S2. The summed E-state index contributed by atoms with van der Waals surface area (Å²) in [6.07, 6.45) is 0. The minimum Gasteiger partial charge on any atom is -0.258 e. The molecule has 1 aromatic carbocycles. The van der Waals surface area contributed by atoms with Gasteiger partial charge in [-0.25, -0.2) is 0 Å². The summed E-state index contributed by atoms with van der Waals surface area (Å²) in [5, 5.41) is 13.2. The van der Waals surface area contributed by atoms with Crippen LogP contribution in [0.4, 0.5) is 5.69 Å². The molecule has 2 rings (SSSR count). The van der Waals surface area contributed by atoms with Gasteiger partial charge < -0.3 is 0 Å². The van der Waals surface area contributed by atoms with Crippen molar-refractivity contribution in [3.63, 3.8) is 0 Å². The number of hydrogen-bond donors (Lipinski definition) is 1. The summed E-state index contributed by atoms with van der Waals surface area (Å²) >= 11 is 11.3. The van der Waals surface area contributed by atoms with Crippen molar-refractivity contribution in [2.45, 2.75) is 4.90 Å². The smallest absolute Gasteiger partial charge is 0.258 e. The van der Waals surface area contributed by atoms with E-state index in [1.807, 2.05) is 0 Å². The van der Waals surface area contributed by atoms with Gasteiger partial charge in [0.15, 0.2) is 0 Å². The average molecular weight is 246 g/mol. The van der Waals surface area contributed by atoms with Crippen molar-refractivity contribution in [1.29, 1.82) is 0 Å². The second-order valence-corrected chi connectivity index (χ2v) is 4.48. The minimum atomic E-state index is -0.414. The van der Waals surface area contributed by atoms with E-state index in [0.29, 0.717) is 15.3 Å². The Hall–Kier alpha value is -0.780. The lowest BCUT2D eigenvalue weighted by Crippen LogP contribution is -1.84. The van der Waals surface area contributed by atoms with Gasteiger partial charge in [-0.15, -0.1) is 24.0 Å². The molecule has 0 radical (unpaired) electrons. The molecule has 0 aliphatic rings. The Morgan fingerprint density at radius 1 is 1.50 bits per heavy atom. The summed E-state index contributed by atoms with van der Waals surface area (Å²) in [5.74, 6) is 0. The van der Waals surface area contributed by atoms with Crippen LogP contribution >= 0.6 is 35.6 Å². The van der Waals surface area contributed by atoms with E-state index in [1.165, 1.54) is 16.7 Å². The first-order valence-corrected chi connectivity index (χ1v) is 5.34. The van der Waals surface area contributed by atoms with Crippen molar-refractivity contribution in [2.75, 3.05) is 0 Å². The molecule has 6 heteroatoms. The highest BCUT2D eigenvalue weighted by atomic mass is 35.5. The summed E-state index contributed by atoms with van der Waals surface area (Å²) in [4.78, 5) is 10.9. The zero-order chi connectivity index (χ0) is 10.3. The number of thiophene rings is 1. The number of hydrogen-bond acceptors (Lipinski definition) is 4. The number of halogens is 1. The summed E-state index contributed by atoms with van der Waals surface area (Å²) in [7, 11) is 0. The van der Waals surface area contributed by atoms with Crippen LogP contribution in [0.3, 0.4) is 0 Å². The molecule has 0 bridgehead atoms. The summed E-state index contributed by atoms with van der Waals surface area (Å²) < 4.78 is 0.796. The maximum absolute atomic E-state index is 10.6. The van der Waals surface area contributed by atoms with Gasteiger partial charge in [0.05, 0.1) is 20.4 Å². The van der Waals surface area contributed by atoms with Crippen LogP contribution in [-0.4, -0.2) is 4.92 Å². The van der Waals surface area contributed by atoms with Gasteiger partial charge in [0.2, 0.25) is 0 Å². The van der Waals surface area contributed by atoms with Gasteiger partial charge in [0.25, 0.3) is 5.69 Å². The first-order valence-electron chi connectivity index (χ1n) is 3.63. The molecule has 0 unspecified atom stereocenters. The van der Waals surface area contributed by atoms with Crippen molar-refractivity contribution >= 4 is 51.3 Å². The third-order valence-corrected chi connectivity index (χ3v) is 3.53.